The van der Waals surface area contributed by atoms with Crippen LogP contribution >= 0.6 is 27.5 Å². The number of nitrogens with zero attached hydrogens (tertiary/aromatic N) is 2. The van der Waals surface area contributed by atoms with Gasteiger partial charge in [-0.1, -0.05) is 11.6 Å². The van der Waals surface area contributed by atoms with E-state index in [1.54, 1.807) is 25.2 Å². The third-order valence-corrected chi connectivity index (χ3v) is 4.56. The van der Waals surface area contributed by atoms with E-state index in [1.807, 2.05) is 4.90 Å². The predicted molar refractivity (Wildman–Crippen MR) is 81.9 cm³/mol. The fourth-order valence-corrected chi connectivity index (χ4v) is 2.69. The molecule has 1 aromatic carbocycles. The number of rotatable bonds is 3. The minimum Gasteiger partial charge on any atom is -0.341 e. The number of amides is 2. The number of halogens is 2. The standard InChI is InChI=1S/C14H16BrClN2O2/c1-17(9-13(19)18-6-2-3-7-18)14(20)10-4-5-12(16)11(15)8-10/h4-5,8H,2-3,6-7,9H2,1H3. The number of likely N-dealkylation sites (N-methyl/N-ethyl adjacent to an activating group) is 1. The SMILES string of the molecule is CN(CC(=O)N1CCCC1)C(=O)c1ccc(Cl)c(Br)c1. The zero-order valence-corrected chi connectivity index (χ0v) is 13.6. The summed E-state index contributed by atoms with van der Waals surface area (Å²) in [5.41, 5.74) is 0.512. The Kier molecular flexibility index (Phi) is 5.05. The largest absolute Gasteiger partial charge is 0.341 e. The monoisotopic (exact) mass is 358 g/mol. The molecule has 1 aromatic rings. The van der Waals surface area contributed by atoms with Crippen molar-refractivity contribution in [1.29, 1.82) is 0 Å². The average Bonchev–Trinajstić information content (AvgIpc) is 2.95. The highest BCUT2D eigenvalue weighted by Crippen LogP contribution is 2.23. The van der Waals surface area contributed by atoms with Crippen LogP contribution in [0, 0.1) is 0 Å². The molecule has 1 aliphatic heterocycles. The van der Waals surface area contributed by atoms with Crippen LogP contribution in [0.3, 0.4) is 0 Å². The Balaban J connectivity index is 2.00. The average molecular weight is 360 g/mol. The van der Waals surface area contributed by atoms with E-state index in [1.165, 1.54) is 4.90 Å². The highest BCUT2D eigenvalue weighted by Gasteiger charge is 2.21. The lowest BCUT2D eigenvalue weighted by atomic mass is 10.2. The third-order valence-electron chi connectivity index (χ3n) is 3.34. The molecule has 0 unspecified atom stereocenters. The van der Waals surface area contributed by atoms with Gasteiger partial charge in [0.05, 0.1) is 11.6 Å². The van der Waals surface area contributed by atoms with Crippen molar-refractivity contribution in [2.75, 3.05) is 26.7 Å². The maximum atomic E-state index is 12.2. The minimum absolute atomic E-state index is 0.00591. The van der Waals surface area contributed by atoms with Gasteiger partial charge in [0.15, 0.2) is 0 Å². The Morgan fingerprint density at radius 3 is 2.60 bits per heavy atom. The van der Waals surface area contributed by atoms with E-state index in [-0.39, 0.29) is 18.4 Å². The molecule has 4 nitrogen and oxygen atoms in total. The molecule has 0 saturated carbocycles. The number of carbonyl (C=O) groups excluding carboxylic acids is 2. The highest BCUT2D eigenvalue weighted by atomic mass is 79.9. The lowest BCUT2D eigenvalue weighted by Crippen LogP contribution is -2.39. The number of benzene rings is 1. The van der Waals surface area contributed by atoms with E-state index in [9.17, 15) is 9.59 Å². The Morgan fingerprint density at radius 1 is 1.35 bits per heavy atom. The normalized spacial score (nSPS) is 14.4. The van der Waals surface area contributed by atoms with E-state index < -0.39 is 0 Å². The van der Waals surface area contributed by atoms with Gasteiger partial charge in [0.2, 0.25) is 5.91 Å². The van der Waals surface area contributed by atoms with E-state index in [4.69, 9.17) is 11.6 Å². The Hall–Kier alpha value is -1.07. The summed E-state index contributed by atoms with van der Waals surface area (Å²) in [5, 5.41) is 0.553. The van der Waals surface area contributed by atoms with Gasteiger partial charge in [0.1, 0.15) is 0 Å². The van der Waals surface area contributed by atoms with Crippen molar-refractivity contribution in [3.05, 3.63) is 33.3 Å². The van der Waals surface area contributed by atoms with E-state index in [0.29, 0.717) is 15.1 Å². The van der Waals surface area contributed by atoms with Crippen LogP contribution < -0.4 is 0 Å². The molecular weight excluding hydrogens is 344 g/mol. The predicted octanol–water partition coefficient (Wildman–Crippen LogP) is 2.80. The zero-order chi connectivity index (χ0) is 14.7. The summed E-state index contributed by atoms with van der Waals surface area (Å²) in [6, 6.07) is 4.99. The lowest BCUT2D eigenvalue weighted by Gasteiger charge is -2.21. The van der Waals surface area contributed by atoms with Gasteiger partial charge in [-0.15, -0.1) is 0 Å². The molecule has 0 atom stereocenters. The molecule has 0 aromatic heterocycles. The van der Waals surface area contributed by atoms with Gasteiger partial charge in [-0.25, -0.2) is 0 Å². The van der Waals surface area contributed by atoms with Crippen LogP contribution in [0.15, 0.2) is 22.7 Å². The lowest BCUT2D eigenvalue weighted by molar-refractivity contribution is -0.130. The van der Waals surface area contributed by atoms with Crippen molar-refractivity contribution in [3.8, 4) is 0 Å². The fourth-order valence-electron chi connectivity index (χ4n) is 2.19. The third kappa shape index (κ3) is 3.52. The summed E-state index contributed by atoms with van der Waals surface area (Å²) >= 11 is 9.19. The van der Waals surface area contributed by atoms with E-state index in [0.717, 1.165) is 25.9 Å². The molecule has 1 fully saturated rings. The van der Waals surface area contributed by atoms with Crippen LogP contribution in [0.2, 0.25) is 5.02 Å². The van der Waals surface area contributed by atoms with Crippen molar-refractivity contribution >= 4 is 39.3 Å². The Morgan fingerprint density at radius 2 is 2.00 bits per heavy atom. The van der Waals surface area contributed by atoms with Crippen molar-refractivity contribution < 1.29 is 9.59 Å². The van der Waals surface area contributed by atoms with Crippen LogP contribution in [-0.2, 0) is 4.79 Å². The molecule has 20 heavy (non-hydrogen) atoms. The fraction of sp³-hybridized carbons (Fsp3) is 0.429. The van der Waals surface area contributed by atoms with Crippen molar-refractivity contribution in [2.24, 2.45) is 0 Å². The first-order valence-electron chi connectivity index (χ1n) is 6.47. The van der Waals surface area contributed by atoms with E-state index >= 15 is 0 Å². The van der Waals surface area contributed by atoms with Crippen LogP contribution in [0.1, 0.15) is 23.2 Å². The summed E-state index contributed by atoms with van der Waals surface area (Å²) in [6.45, 7) is 1.71. The maximum Gasteiger partial charge on any atom is 0.254 e. The molecule has 108 valence electrons. The molecule has 0 radical (unpaired) electrons. The summed E-state index contributed by atoms with van der Waals surface area (Å²) in [5.74, 6) is -0.179. The first-order chi connectivity index (χ1) is 9.49. The van der Waals surface area contributed by atoms with Gasteiger partial charge in [0, 0.05) is 30.2 Å². The molecule has 0 N–H and O–H groups in total. The topological polar surface area (TPSA) is 40.6 Å². The highest BCUT2D eigenvalue weighted by molar-refractivity contribution is 9.10. The van der Waals surface area contributed by atoms with Gasteiger partial charge in [-0.3, -0.25) is 9.59 Å². The van der Waals surface area contributed by atoms with Gasteiger partial charge in [-0.2, -0.15) is 0 Å². The summed E-state index contributed by atoms with van der Waals surface area (Å²) < 4.78 is 0.671. The first kappa shape index (κ1) is 15.3. The molecule has 1 saturated heterocycles. The molecule has 0 bridgehead atoms. The molecule has 1 aliphatic rings. The number of hydrogen-bond donors (Lipinski definition) is 0. The van der Waals surface area contributed by atoms with Crippen LogP contribution in [0.25, 0.3) is 0 Å². The van der Waals surface area contributed by atoms with Crippen LogP contribution in [0.4, 0.5) is 0 Å². The summed E-state index contributed by atoms with van der Waals surface area (Å²) in [4.78, 5) is 27.5. The van der Waals surface area contributed by atoms with E-state index in [2.05, 4.69) is 15.9 Å². The number of hydrogen-bond acceptors (Lipinski definition) is 2. The van der Waals surface area contributed by atoms with Crippen molar-refractivity contribution in [3.63, 3.8) is 0 Å². The molecule has 0 aliphatic carbocycles. The molecule has 0 spiro atoms. The second-order valence-electron chi connectivity index (χ2n) is 4.88. The molecule has 2 rings (SSSR count). The molecule has 2 amide bonds. The van der Waals surface area contributed by atoms with Gasteiger partial charge in [0.25, 0.3) is 5.91 Å². The van der Waals surface area contributed by atoms with Gasteiger partial charge < -0.3 is 9.80 Å². The van der Waals surface area contributed by atoms with Gasteiger partial charge >= 0.3 is 0 Å². The van der Waals surface area contributed by atoms with Gasteiger partial charge in [-0.05, 0) is 47.0 Å². The molecular formula is C14H16BrClN2O2. The zero-order valence-electron chi connectivity index (χ0n) is 11.2. The smallest absolute Gasteiger partial charge is 0.254 e. The van der Waals surface area contributed by atoms with Crippen LogP contribution in [-0.4, -0.2) is 48.3 Å². The number of carbonyl (C=O) groups is 2. The van der Waals surface area contributed by atoms with Crippen molar-refractivity contribution in [2.45, 2.75) is 12.8 Å². The summed E-state index contributed by atoms with van der Waals surface area (Å²) in [7, 11) is 1.64. The number of likely N-dealkylation sites (tertiary alicyclic amines) is 1. The summed E-state index contributed by atoms with van der Waals surface area (Å²) in [6.07, 6.45) is 2.10. The molecule has 6 heteroatoms. The second-order valence-corrected chi connectivity index (χ2v) is 6.14. The Bertz CT molecular complexity index is 530. The second kappa shape index (κ2) is 6.59. The molecule has 1 heterocycles. The quantitative estimate of drug-likeness (QED) is 0.832. The maximum absolute atomic E-state index is 12.2. The Labute approximate surface area is 131 Å². The van der Waals surface area contributed by atoms with Crippen LogP contribution in [0.5, 0.6) is 0 Å². The van der Waals surface area contributed by atoms with Crippen molar-refractivity contribution in [1.82, 2.24) is 9.80 Å². The first-order valence-corrected chi connectivity index (χ1v) is 7.64. The minimum atomic E-state index is -0.185.